The zero-order valence-corrected chi connectivity index (χ0v) is 8.60. The molecule has 0 aliphatic heterocycles. The Balaban J connectivity index is 3.71. The fourth-order valence-corrected chi connectivity index (χ4v) is 0.591. The first kappa shape index (κ1) is 10.9. The van der Waals surface area contributed by atoms with Gasteiger partial charge in [-0.3, -0.25) is 4.79 Å². The highest BCUT2D eigenvalue weighted by Gasteiger charge is 2.22. The average molecular weight is 224 g/mol. The summed E-state index contributed by atoms with van der Waals surface area (Å²) >= 11 is 3.20. The third-order valence-corrected chi connectivity index (χ3v) is 1.46. The number of halogens is 1. The van der Waals surface area contributed by atoms with Crippen LogP contribution in [0.2, 0.25) is 0 Å². The van der Waals surface area contributed by atoms with E-state index in [0.29, 0.717) is 6.54 Å². The van der Waals surface area contributed by atoms with Gasteiger partial charge in [0, 0.05) is 6.54 Å². The van der Waals surface area contributed by atoms with Crippen LogP contribution in [0.5, 0.6) is 0 Å². The Morgan fingerprint density at radius 3 is 2.45 bits per heavy atom. The monoisotopic (exact) mass is 223 g/mol. The Morgan fingerprint density at radius 2 is 2.18 bits per heavy atom. The molecule has 0 aliphatic carbocycles. The van der Waals surface area contributed by atoms with Gasteiger partial charge in [-0.2, -0.15) is 0 Å². The van der Waals surface area contributed by atoms with Gasteiger partial charge < -0.3 is 10.4 Å². The zero-order chi connectivity index (χ0) is 9.07. The van der Waals surface area contributed by atoms with Gasteiger partial charge in [0.2, 0.25) is 5.91 Å². The molecule has 0 aromatic rings. The van der Waals surface area contributed by atoms with Crippen molar-refractivity contribution in [2.75, 3.05) is 6.54 Å². The molecule has 0 rings (SSSR count). The molecule has 11 heavy (non-hydrogen) atoms. The molecule has 1 unspecified atom stereocenters. The summed E-state index contributed by atoms with van der Waals surface area (Å²) in [6.07, 6.45) is -0.492. The van der Waals surface area contributed by atoms with Crippen molar-refractivity contribution in [2.24, 2.45) is 0 Å². The first-order chi connectivity index (χ1) is 4.84. The zero-order valence-electron chi connectivity index (χ0n) is 7.02. The Bertz CT molecular complexity index is 140. The second-order valence-electron chi connectivity index (χ2n) is 3.03. The number of hydrogen-bond acceptors (Lipinski definition) is 2. The van der Waals surface area contributed by atoms with Crippen LogP contribution < -0.4 is 5.32 Å². The minimum atomic E-state index is -0.554. The number of aliphatic hydroxyl groups is 1. The van der Waals surface area contributed by atoms with Crippen LogP contribution in [0, 0.1) is 0 Å². The lowest BCUT2D eigenvalue weighted by molar-refractivity contribution is -0.122. The summed E-state index contributed by atoms with van der Waals surface area (Å²) in [5.74, 6) is -0.113. The molecule has 1 amide bonds. The largest absolute Gasteiger partial charge is 0.392 e. The van der Waals surface area contributed by atoms with Crippen LogP contribution in [0.3, 0.4) is 0 Å². The SMILES string of the molecule is CC(O)CNC(=O)C(C)(C)Br. The number of amides is 1. The van der Waals surface area contributed by atoms with E-state index >= 15 is 0 Å². The molecule has 0 spiro atoms. The van der Waals surface area contributed by atoms with Gasteiger partial charge in [0.15, 0.2) is 0 Å². The Kier molecular flexibility index (Phi) is 4.03. The summed E-state index contributed by atoms with van der Waals surface area (Å²) in [4.78, 5) is 11.1. The Labute approximate surface area is 75.3 Å². The highest BCUT2D eigenvalue weighted by atomic mass is 79.9. The Hall–Kier alpha value is -0.0900. The molecule has 2 N–H and O–H groups in total. The first-order valence-corrected chi connectivity index (χ1v) is 4.28. The van der Waals surface area contributed by atoms with Gasteiger partial charge in [-0.05, 0) is 20.8 Å². The molecule has 0 aliphatic rings. The van der Waals surface area contributed by atoms with Crippen molar-refractivity contribution in [3.05, 3.63) is 0 Å². The van der Waals surface area contributed by atoms with Crippen LogP contribution in [0.25, 0.3) is 0 Å². The Morgan fingerprint density at radius 1 is 1.73 bits per heavy atom. The van der Waals surface area contributed by atoms with Crippen LogP contribution >= 0.6 is 15.9 Å². The van der Waals surface area contributed by atoms with E-state index < -0.39 is 10.4 Å². The van der Waals surface area contributed by atoms with Gasteiger partial charge in [0.1, 0.15) is 0 Å². The molecule has 1 atom stereocenters. The topological polar surface area (TPSA) is 49.3 Å². The standard InChI is InChI=1S/C7H14BrNO2/c1-5(10)4-9-6(11)7(2,3)8/h5,10H,4H2,1-3H3,(H,9,11). The normalized spacial score (nSPS) is 14.3. The molecule has 0 radical (unpaired) electrons. The lowest BCUT2D eigenvalue weighted by atomic mass is 10.2. The number of hydrogen-bond donors (Lipinski definition) is 2. The van der Waals surface area contributed by atoms with Crippen molar-refractivity contribution >= 4 is 21.8 Å². The predicted molar refractivity (Wildman–Crippen MR) is 47.7 cm³/mol. The van der Waals surface area contributed by atoms with E-state index in [4.69, 9.17) is 5.11 Å². The minimum absolute atomic E-state index is 0.113. The fourth-order valence-electron chi connectivity index (χ4n) is 0.451. The minimum Gasteiger partial charge on any atom is -0.392 e. The molecule has 0 saturated carbocycles. The van der Waals surface area contributed by atoms with Crippen molar-refractivity contribution < 1.29 is 9.90 Å². The van der Waals surface area contributed by atoms with Crippen LogP contribution in [0.1, 0.15) is 20.8 Å². The molecule has 0 saturated heterocycles. The summed E-state index contributed by atoms with van der Waals surface area (Å²) in [7, 11) is 0. The van der Waals surface area contributed by atoms with Crippen LogP contribution in [0.4, 0.5) is 0 Å². The fraction of sp³-hybridized carbons (Fsp3) is 0.857. The molecular weight excluding hydrogens is 210 g/mol. The summed E-state index contributed by atoms with van der Waals surface area (Å²) < 4.78 is -0.554. The van der Waals surface area contributed by atoms with Crippen molar-refractivity contribution in [3.63, 3.8) is 0 Å². The summed E-state index contributed by atoms with van der Waals surface area (Å²) in [5, 5.41) is 11.4. The van der Waals surface area contributed by atoms with E-state index in [2.05, 4.69) is 21.2 Å². The summed E-state index contributed by atoms with van der Waals surface area (Å²) in [6, 6.07) is 0. The van der Waals surface area contributed by atoms with Gasteiger partial charge in [0.25, 0.3) is 0 Å². The molecule has 0 heterocycles. The van der Waals surface area contributed by atoms with E-state index in [-0.39, 0.29) is 5.91 Å². The average Bonchev–Trinajstić information content (AvgIpc) is 1.80. The van der Waals surface area contributed by atoms with Crippen molar-refractivity contribution in [1.29, 1.82) is 0 Å². The second-order valence-corrected chi connectivity index (χ2v) is 5.01. The first-order valence-electron chi connectivity index (χ1n) is 3.49. The van der Waals surface area contributed by atoms with Gasteiger partial charge >= 0.3 is 0 Å². The predicted octanol–water partition coefficient (Wildman–Crippen LogP) is 0.657. The van der Waals surface area contributed by atoms with E-state index in [9.17, 15) is 4.79 Å². The van der Waals surface area contributed by atoms with E-state index in [1.165, 1.54) is 0 Å². The third kappa shape index (κ3) is 5.21. The summed E-state index contributed by atoms with van der Waals surface area (Å²) in [6.45, 7) is 5.43. The van der Waals surface area contributed by atoms with E-state index in [1.54, 1.807) is 20.8 Å². The maximum atomic E-state index is 11.1. The maximum Gasteiger partial charge on any atom is 0.236 e. The van der Waals surface area contributed by atoms with Crippen molar-refractivity contribution in [2.45, 2.75) is 31.2 Å². The van der Waals surface area contributed by atoms with Gasteiger partial charge in [0.05, 0.1) is 10.4 Å². The van der Waals surface area contributed by atoms with Crippen LogP contribution in [-0.2, 0) is 4.79 Å². The lowest BCUT2D eigenvalue weighted by Gasteiger charge is -2.16. The van der Waals surface area contributed by atoms with Crippen molar-refractivity contribution in [3.8, 4) is 0 Å². The third-order valence-electron chi connectivity index (χ3n) is 1.10. The molecule has 0 aromatic heterocycles. The number of carbonyl (C=O) groups is 1. The number of nitrogens with one attached hydrogen (secondary N) is 1. The number of aliphatic hydroxyl groups excluding tert-OH is 1. The van der Waals surface area contributed by atoms with Crippen LogP contribution in [-0.4, -0.2) is 28.0 Å². The quantitative estimate of drug-likeness (QED) is 0.692. The highest BCUT2D eigenvalue weighted by molar-refractivity contribution is 9.10. The lowest BCUT2D eigenvalue weighted by Crippen LogP contribution is -2.40. The summed E-state index contributed by atoms with van der Waals surface area (Å²) in [5.41, 5.74) is 0. The molecule has 4 heteroatoms. The molecule has 0 bridgehead atoms. The number of carbonyl (C=O) groups excluding carboxylic acids is 1. The molecule has 66 valence electrons. The second kappa shape index (κ2) is 4.07. The number of rotatable bonds is 3. The van der Waals surface area contributed by atoms with Gasteiger partial charge in [-0.15, -0.1) is 0 Å². The molecule has 3 nitrogen and oxygen atoms in total. The van der Waals surface area contributed by atoms with Crippen LogP contribution in [0.15, 0.2) is 0 Å². The molecule has 0 aromatic carbocycles. The van der Waals surface area contributed by atoms with Gasteiger partial charge in [-0.25, -0.2) is 0 Å². The van der Waals surface area contributed by atoms with E-state index in [1.807, 2.05) is 0 Å². The molecular formula is C7H14BrNO2. The highest BCUT2D eigenvalue weighted by Crippen LogP contribution is 2.14. The van der Waals surface area contributed by atoms with Gasteiger partial charge in [-0.1, -0.05) is 15.9 Å². The maximum absolute atomic E-state index is 11.1. The van der Waals surface area contributed by atoms with E-state index in [0.717, 1.165) is 0 Å². The number of alkyl halides is 1. The smallest absolute Gasteiger partial charge is 0.236 e. The molecule has 0 fully saturated rings. The van der Waals surface area contributed by atoms with Crippen molar-refractivity contribution in [1.82, 2.24) is 5.32 Å².